The third kappa shape index (κ3) is 6.71. The van der Waals surface area contributed by atoms with E-state index in [4.69, 9.17) is 5.73 Å². The number of nitrogens with two attached hydrogens (primary N) is 1. The molecule has 1 aliphatic rings. The zero-order chi connectivity index (χ0) is 16.9. The molecule has 1 aromatic rings. The van der Waals surface area contributed by atoms with Crippen molar-refractivity contribution in [2.24, 2.45) is 16.6 Å². The van der Waals surface area contributed by atoms with Crippen LogP contribution in [0.3, 0.4) is 0 Å². The first-order chi connectivity index (χ1) is 10.9. The van der Waals surface area contributed by atoms with Gasteiger partial charge in [0.2, 0.25) is 0 Å². The van der Waals surface area contributed by atoms with Gasteiger partial charge in [0.25, 0.3) is 0 Å². The van der Waals surface area contributed by atoms with Crippen LogP contribution in [0.15, 0.2) is 29.3 Å². The zero-order valence-electron chi connectivity index (χ0n) is 13.3. The Labute approximate surface area is 156 Å². The van der Waals surface area contributed by atoms with Gasteiger partial charge in [-0.2, -0.15) is 0 Å². The molecule has 0 aliphatic carbocycles. The Kier molecular flexibility index (Phi) is 8.07. The molecule has 0 spiro atoms. The predicted octanol–water partition coefficient (Wildman–Crippen LogP) is 3.27. The van der Waals surface area contributed by atoms with Crippen LogP contribution in [0.4, 0.5) is 18.9 Å². The van der Waals surface area contributed by atoms with E-state index in [0.29, 0.717) is 12.5 Å². The highest BCUT2D eigenvalue weighted by atomic mass is 127. The van der Waals surface area contributed by atoms with Gasteiger partial charge < -0.3 is 20.7 Å². The van der Waals surface area contributed by atoms with E-state index in [-0.39, 0.29) is 41.4 Å². The Morgan fingerprint density at radius 2 is 2.12 bits per heavy atom. The van der Waals surface area contributed by atoms with Crippen LogP contribution >= 0.6 is 24.0 Å². The van der Waals surface area contributed by atoms with Gasteiger partial charge in [-0.3, -0.25) is 4.99 Å². The molecule has 0 amide bonds. The molecule has 1 unspecified atom stereocenters. The first-order valence-electron chi connectivity index (χ1n) is 7.51. The number of ether oxygens (including phenoxy) is 1. The van der Waals surface area contributed by atoms with Crippen LogP contribution in [0.25, 0.3) is 0 Å². The van der Waals surface area contributed by atoms with E-state index < -0.39 is 6.36 Å². The molecule has 5 nitrogen and oxygen atoms in total. The average molecular weight is 458 g/mol. The Bertz CT molecular complexity index is 554. The molecule has 0 bridgehead atoms. The molecule has 2 rings (SSSR count). The normalized spacial score (nSPS) is 19.0. The molecule has 1 saturated heterocycles. The summed E-state index contributed by atoms with van der Waals surface area (Å²) in [6.07, 6.45) is -3.70. The number of alkyl halides is 3. The molecule has 1 fully saturated rings. The quantitative estimate of drug-likeness (QED) is 0.404. The summed E-state index contributed by atoms with van der Waals surface area (Å²) in [5.74, 6) is 0.173. The smallest absolute Gasteiger partial charge is 0.404 e. The predicted molar refractivity (Wildman–Crippen MR) is 98.9 cm³/mol. The molecule has 24 heavy (non-hydrogen) atoms. The molecule has 0 saturated carbocycles. The highest BCUT2D eigenvalue weighted by molar-refractivity contribution is 14.0. The summed E-state index contributed by atoms with van der Waals surface area (Å²) in [5.41, 5.74) is 5.90. The monoisotopic (exact) mass is 458 g/mol. The molecule has 9 heteroatoms. The summed E-state index contributed by atoms with van der Waals surface area (Å²) in [6.45, 7) is 5.69. The van der Waals surface area contributed by atoms with Crippen LogP contribution < -0.4 is 15.8 Å². The van der Waals surface area contributed by atoms with Crippen molar-refractivity contribution in [2.75, 3.05) is 31.5 Å². The fourth-order valence-corrected chi connectivity index (χ4v) is 2.54. The standard InChI is InChI=1S/C15H21F3N4O.HI/c1-2-22-8-7-11(10-22)9-20-14(19)21-12-5-3-4-6-13(12)23-15(16,17)18;/h3-6,11H,2,7-10H2,1H3,(H3,19,20,21);1H. The number of para-hydroxylation sites is 2. The first kappa shape index (κ1) is 20.8. The maximum Gasteiger partial charge on any atom is 0.573 e. The SMILES string of the molecule is CCN1CCC(CN=C(N)Nc2ccccc2OC(F)(F)F)C1.I. The Hall–Kier alpha value is -1.23. The molecule has 1 atom stereocenters. The van der Waals surface area contributed by atoms with E-state index in [1.165, 1.54) is 18.2 Å². The summed E-state index contributed by atoms with van der Waals surface area (Å²) in [6, 6.07) is 5.73. The number of anilines is 1. The molecule has 1 aliphatic heterocycles. The van der Waals surface area contributed by atoms with Gasteiger partial charge in [0, 0.05) is 13.1 Å². The number of likely N-dealkylation sites (tertiary alicyclic amines) is 1. The van der Waals surface area contributed by atoms with Gasteiger partial charge in [0.15, 0.2) is 11.7 Å². The fraction of sp³-hybridized carbons (Fsp3) is 0.533. The summed E-state index contributed by atoms with van der Waals surface area (Å²) in [5, 5.41) is 2.67. The number of halogens is 4. The second kappa shape index (κ2) is 9.30. The molecule has 1 heterocycles. The third-order valence-corrected chi connectivity index (χ3v) is 3.71. The van der Waals surface area contributed by atoms with Gasteiger partial charge in [-0.05, 0) is 37.6 Å². The van der Waals surface area contributed by atoms with E-state index in [1.807, 2.05) is 0 Å². The van der Waals surface area contributed by atoms with Crippen LogP contribution in [-0.4, -0.2) is 43.4 Å². The van der Waals surface area contributed by atoms with Crippen molar-refractivity contribution in [1.29, 1.82) is 0 Å². The number of nitrogens with zero attached hydrogens (tertiary/aromatic N) is 2. The second-order valence-electron chi connectivity index (χ2n) is 5.44. The number of hydrogen-bond donors (Lipinski definition) is 2. The van der Waals surface area contributed by atoms with Gasteiger partial charge >= 0.3 is 6.36 Å². The van der Waals surface area contributed by atoms with Crippen molar-refractivity contribution in [3.05, 3.63) is 24.3 Å². The molecular formula is C15H22F3IN4O. The molecule has 3 N–H and O–H groups in total. The Morgan fingerprint density at radius 3 is 2.75 bits per heavy atom. The van der Waals surface area contributed by atoms with Gasteiger partial charge in [0.05, 0.1) is 5.69 Å². The van der Waals surface area contributed by atoms with Crippen LogP contribution in [-0.2, 0) is 0 Å². The molecular weight excluding hydrogens is 436 g/mol. The Balaban J connectivity index is 0.00000288. The van der Waals surface area contributed by atoms with Crippen molar-refractivity contribution in [3.8, 4) is 5.75 Å². The molecule has 136 valence electrons. The lowest BCUT2D eigenvalue weighted by molar-refractivity contribution is -0.274. The largest absolute Gasteiger partial charge is 0.573 e. The second-order valence-corrected chi connectivity index (χ2v) is 5.44. The lowest BCUT2D eigenvalue weighted by Crippen LogP contribution is -2.26. The number of rotatable bonds is 5. The topological polar surface area (TPSA) is 62.9 Å². The molecule has 0 radical (unpaired) electrons. The first-order valence-corrected chi connectivity index (χ1v) is 7.51. The fourth-order valence-electron chi connectivity index (χ4n) is 2.54. The zero-order valence-corrected chi connectivity index (χ0v) is 15.7. The minimum absolute atomic E-state index is 0. The van der Waals surface area contributed by atoms with Gasteiger partial charge in [-0.25, -0.2) is 0 Å². The number of benzene rings is 1. The van der Waals surface area contributed by atoms with Crippen molar-refractivity contribution < 1.29 is 17.9 Å². The van der Waals surface area contributed by atoms with E-state index in [2.05, 4.69) is 26.9 Å². The van der Waals surface area contributed by atoms with Crippen LogP contribution in [0, 0.1) is 5.92 Å². The van der Waals surface area contributed by atoms with E-state index in [0.717, 1.165) is 26.1 Å². The van der Waals surface area contributed by atoms with Gasteiger partial charge in [-0.15, -0.1) is 37.1 Å². The van der Waals surface area contributed by atoms with Crippen LogP contribution in [0.1, 0.15) is 13.3 Å². The number of aliphatic imine (C=N–C) groups is 1. The lowest BCUT2D eigenvalue weighted by Gasteiger charge is -2.14. The van der Waals surface area contributed by atoms with Crippen LogP contribution in [0.2, 0.25) is 0 Å². The Morgan fingerprint density at radius 1 is 1.42 bits per heavy atom. The minimum Gasteiger partial charge on any atom is -0.404 e. The van der Waals surface area contributed by atoms with Crippen LogP contribution in [0.5, 0.6) is 5.75 Å². The minimum atomic E-state index is -4.75. The highest BCUT2D eigenvalue weighted by Crippen LogP contribution is 2.29. The van der Waals surface area contributed by atoms with Gasteiger partial charge in [0.1, 0.15) is 0 Å². The maximum absolute atomic E-state index is 12.4. The maximum atomic E-state index is 12.4. The van der Waals surface area contributed by atoms with E-state index in [9.17, 15) is 13.2 Å². The van der Waals surface area contributed by atoms with Crippen molar-refractivity contribution in [2.45, 2.75) is 19.7 Å². The van der Waals surface area contributed by atoms with Crippen molar-refractivity contribution in [3.63, 3.8) is 0 Å². The summed E-state index contributed by atoms with van der Waals surface area (Å²) in [7, 11) is 0. The summed E-state index contributed by atoms with van der Waals surface area (Å²) >= 11 is 0. The number of hydrogen-bond acceptors (Lipinski definition) is 3. The lowest BCUT2D eigenvalue weighted by atomic mass is 10.1. The highest BCUT2D eigenvalue weighted by Gasteiger charge is 2.32. The summed E-state index contributed by atoms with van der Waals surface area (Å²) < 4.78 is 41.1. The summed E-state index contributed by atoms with van der Waals surface area (Å²) in [4.78, 5) is 6.56. The van der Waals surface area contributed by atoms with Crippen molar-refractivity contribution >= 4 is 35.6 Å². The average Bonchev–Trinajstić information content (AvgIpc) is 2.94. The van der Waals surface area contributed by atoms with Gasteiger partial charge in [-0.1, -0.05) is 19.1 Å². The van der Waals surface area contributed by atoms with E-state index in [1.54, 1.807) is 6.07 Å². The number of guanidine groups is 1. The number of nitrogens with one attached hydrogen (secondary N) is 1. The third-order valence-electron chi connectivity index (χ3n) is 3.71. The molecule has 1 aromatic carbocycles. The van der Waals surface area contributed by atoms with Crippen molar-refractivity contribution in [1.82, 2.24) is 4.90 Å². The molecule has 0 aromatic heterocycles. The van der Waals surface area contributed by atoms with E-state index >= 15 is 0 Å².